The van der Waals surface area contributed by atoms with Crippen LogP contribution in [0.5, 0.6) is 0 Å². The van der Waals surface area contributed by atoms with Gasteiger partial charge in [0.25, 0.3) is 0 Å². The molecule has 108 valence electrons. The number of likely N-dealkylation sites (N-methyl/N-ethyl adjacent to an activating group) is 1. The van der Waals surface area contributed by atoms with Crippen LogP contribution in [0.4, 0.5) is 5.13 Å². The van der Waals surface area contributed by atoms with Gasteiger partial charge in [-0.2, -0.15) is 0 Å². The molecule has 0 unspecified atom stereocenters. The molecule has 2 N–H and O–H groups in total. The molecular weight excluding hydrogens is 274 g/mol. The minimum absolute atomic E-state index is 0.0571. The van der Waals surface area contributed by atoms with Crippen molar-refractivity contribution in [1.82, 2.24) is 9.88 Å². The normalized spacial score (nSPS) is 11.2. The number of aromatic nitrogens is 1. The molecule has 0 saturated carbocycles. The summed E-state index contributed by atoms with van der Waals surface area (Å²) in [5, 5.41) is 12.3. The van der Waals surface area contributed by atoms with Crippen LogP contribution < -0.4 is 5.32 Å². The standard InChI is InChI=1S/C14H19N3O2S/c1-3-17(6-7-18)9-13(19)16-14-15-11-5-4-10(2)8-12(11)20-14/h4-5,8,18H,3,6-7,9H2,1-2H3,(H,15,16,19). The van der Waals surface area contributed by atoms with Crippen molar-refractivity contribution in [3.05, 3.63) is 23.8 Å². The number of fused-ring (bicyclic) bond motifs is 1. The topological polar surface area (TPSA) is 65.5 Å². The summed E-state index contributed by atoms with van der Waals surface area (Å²) < 4.78 is 1.07. The Labute approximate surface area is 122 Å². The van der Waals surface area contributed by atoms with Crippen molar-refractivity contribution in [3.63, 3.8) is 0 Å². The lowest BCUT2D eigenvalue weighted by Crippen LogP contribution is -2.35. The van der Waals surface area contributed by atoms with E-state index in [0.29, 0.717) is 11.7 Å². The molecule has 1 amide bonds. The van der Waals surface area contributed by atoms with E-state index in [9.17, 15) is 4.79 Å². The first kappa shape index (κ1) is 14.9. The molecule has 6 heteroatoms. The second kappa shape index (κ2) is 6.78. The monoisotopic (exact) mass is 293 g/mol. The molecule has 1 aromatic carbocycles. The Balaban J connectivity index is 2.02. The van der Waals surface area contributed by atoms with Crippen LogP contribution >= 0.6 is 11.3 Å². The van der Waals surface area contributed by atoms with Crippen molar-refractivity contribution < 1.29 is 9.90 Å². The molecule has 20 heavy (non-hydrogen) atoms. The molecule has 1 aromatic heterocycles. The van der Waals surface area contributed by atoms with Gasteiger partial charge in [-0.25, -0.2) is 4.98 Å². The fourth-order valence-electron chi connectivity index (χ4n) is 1.94. The number of anilines is 1. The van der Waals surface area contributed by atoms with E-state index in [4.69, 9.17) is 5.11 Å². The van der Waals surface area contributed by atoms with Crippen molar-refractivity contribution in [3.8, 4) is 0 Å². The number of aryl methyl sites for hydroxylation is 1. The van der Waals surface area contributed by atoms with Gasteiger partial charge in [-0.1, -0.05) is 24.3 Å². The van der Waals surface area contributed by atoms with Crippen molar-refractivity contribution in [2.45, 2.75) is 13.8 Å². The first-order valence-corrected chi connectivity index (χ1v) is 7.44. The first-order chi connectivity index (χ1) is 9.62. The Morgan fingerprint density at radius 1 is 1.50 bits per heavy atom. The van der Waals surface area contributed by atoms with Crippen molar-refractivity contribution in [2.24, 2.45) is 0 Å². The molecule has 2 aromatic rings. The number of hydrogen-bond donors (Lipinski definition) is 2. The number of carbonyl (C=O) groups is 1. The Bertz CT molecular complexity index is 597. The van der Waals surface area contributed by atoms with Crippen molar-refractivity contribution >= 4 is 32.6 Å². The first-order valence-electron chi connectivity index (χ1n) is 6.62. The molecule has 5 nitrogen and oxygen atoms in total. The average Bonchev–Trinajstić information content (AvgIpc) is 2.79. The summed E-state index contributed by atoms with van der Waals surface area (Å²) in [5.41, 5.74) is 2.08. The summed E-state index contributed by atoms with van der Waals surface area (Å²) in [5.74, 6) is -0.101. The Morgan fingerprint density at radius 3 is 3.00 bits per heavy atom. The number of benzene rings is 1. The minimum atomic E-state index is -0.101. The van der Waals surface area contributed by atoms with Gasteiger partial charge < -0.3 is 10.4 Å². The number of nitrogens with one attached hydrogen (secondary N) is 1. The molecular formula is C14H19N3O2S. The van der Waals surface area contributed by atoms with Crippen LogP contribution in [0.2, 0.25) is 0 Å². The summed E-state index contributed by atoms with van der Waals surface area (Å²) in [6.07, 6.45) is 0. The van der Waals surface area contributed by atoms with E-state index < -0.39 is 0 Å². The van der Waals surface area contributed by atoms with E-state index in [1.807, 2.05) is 30.9 Å². The Kier molecular flexibility index (Phi) is 5.05. The number of hydrogen-bond acceptors (Lipinski definition) is 5. The zero-order valence-corrected chi connectivity index (χ0v) is 12.5. The van der Waals surface area contributed by atoms with Gasteiger partial charge in [0.15, 0.2) is 5.13 Å². The highest BCUT2D eigenvalue weighted by Gasteiger charge is 2.11. The van der Waals surface area contributed by atoms with Crippen LogP contribution in [0.3, 0.4) is 0 Å². The summed E-state index contributed by atoms with van der Waals surface area (Å²) in [6.45, 7) is 5.55. The Hall–Kier alpha value is -1.50. The second-order valence-corrected chi connectivity index (χ2v) is 5.66. The van der Waals surface area contributed by atoms with E-state index in [1.54, 1.807) is 0 Å². The van der Waals surface area contributed by atoms with Crippen molar-refractivity contribution in [1.29, 1.82) is 0 Å². The number of nitrogens with zero attached hydrogens (tertiary/aromatic N) is 2. The summed E-state index contributed by atoms with van der Waals surface area (Å²) in [6, 6.07) is 6.03. The zero-order valence-electron chi connectivity index (χ0n) is 11.7. The summed E-state index contributed by atoms with van der Waals surface area (Å²) >= 11 is 1.48. The molecule has 0 aliphatic heterocycles. The van der Waals surface area contributed by atoms with E-state index in [-0.39, 0.29) is 19.1 Å². The number of aliphatic hydroxyl groups is 1. The van der Waals surface area contributed by atoms with Gasteiger partial charge in [-0.05, 0) is 31.2 Å². The highest BCUT2D eigenvalue weighted by atomic mass is 32.1. The van der Waals surface area contributed by atoms with E-state index in [1.165, 1.54) is 16.9 Å². The van der Waals surface area contributed by atoms with Crippen LogP contribution in [0.25, 0.3) is 10.2 Å². The quantitative estimate of drug-likeness (QED) is 0.853. The molecule has 0 aliphatic rings. The van der Waals surface area contributed by atoms with Crippen LogP contribution in [-0.2, 0) is 4.79 Å². The lowest BCUT2D eigenvalue weighted by molar-refractivity contribution is -0.117. The third-order valence-corrected chi connectivity index (χ3v) is 3.95. The molecule has 0 spiro atoms. The van der Waals surface area contributed by atoms with Crippen molar-refractivity contribution in [2.75, 3.05) is 31.6 Å². The van der Waals surface area contributed by atoms with Gasteiger partial charge in [0.1, 0.15) is 0 Å². The lowest BCUT2D eigenvalue weighted by Gasteiger charge is -2.17. The molecule has 0 fully saturated rings. The fraction of sp³-hybridized carbons (Fsp3) is 0.429. The number of thiazole rings is 1. The van der Waals surface area contributed by atoms with Gasteiger partial charge in [-0.3, -0.25) is 9.69 Å². The predicted octanol–water partition coefficient (Wildman–Crippen LogP) is 1.86. The van der Waals surface area contributed by atoms with E-state index in [2.05, 4.69) is 16.4 Å². The minimum Gasteiger partial charge on any atom is -0.395 e. The molecule has 0 aliphatic carbocycles. The highest BCUT2D eigenvalue weighted by molar-refractivity contribution is 7.22. The second-order valence-electron chi connectivity index (χ2n) is 4.63. The van der Waals surface area contributed by atoms with Crippen LogP contribution in [-0.4, -0.2) is 47.1 Å². The Morgan fingerprint density at radius 2 is 2.30 bits per heavy atom. The third-order valence-electron chi connectivity index (χ3n) is 3.02. The number of rotatable bonds is 6. The SMILES string of the molecule is CCN(CCO)CC(=O)Nc1nc2ccc(C)cc2s1. The maximum atomic E-state index is 11.9. The highest BCUT2D eigenvalue weighted by Crippen LogP contribution is 2.26. The van der Waals surface area contributed by atoms with Gasteiger partial charge >= 0.3 is 0 Å². The van der Waals surface area contributed by atoms with E-state index in [0.717, 1.165) is 16.8 Å². The predicted molar refractivity (Wildman–Crippen MR) is 82.2 cm³/mol. The maximum absolute atomic E-state index is 11.9. The van der Waals surface area contributed by atoms with Gasteiger partial charge in [-0.15, -0.1) is 0 Å². The van der Waals surface area contributed by atoms with Crippen LogP contribution in [0, 0.1) is 6.92 Å². The summed E-state index contributed by atoms with van der Waals surface area (Å²) in [7, 11) is 0. The summed E-state index contributed by atoms with van der Waals surface area (Å²) in [4.78, 5) is 18.2. The zero-order chi connectivity index (χ0) is 14.5. The molecule has 0 saturated heterocycles. The van der Waals surface area contributed by atoms with Crippen LogP contribution in [0.15, 0.2) is 18.2 Å². The number of aliphatic hydroxyl groups excluding tert-OH is 1. The molecule has 1 heterocycles. The van der Waals surface area contributed by atoms with Gasteiger partial charge in [0.2, 0.25) is 5.91 Å². The number of amides is 1. The number of carbonyl (C=O) groups excluding carboxylic acids is 1. The molecule has 0 atom stereocenters. The third kappa shape index (κ3) is 3.75. The lowest BCUT2D eigenvalue weighted by atomic mass is 10.2. The largest absolute Gasteiger partial charge is 0.395 e. The maximum Gasteiger partial charge on any atom is 0.240 e. The van der Waals surface area contributed by atoms with E-state index >= 15 is 0 Å². The molecule has 2 rings (SSSR count). The smallest absolute Gasteiger partial charge is 0.240 e. The fourth-order valence-corrected chi connectivity index (χ4v) is 2.92. The van der Waals surface area contributed by atoms with Gasteiger partial charge in [0, 0.05) is 6.54 Å². The van der Waals surface area contributed by atoms with Gasteiger partial charge in [0.05, 0.1) is 23.4 Å². The average molecular weight is 293 g/mol. The van der Waals surface area contributed by atoms with Crippen LogP contribution in [0.1, 0.15) is 12.5 Å². The molecule has 0 radical (unpaired) electrons. The molecule has 0 bridgehead atoms.